The Morgan fingerprint density at radius 1 is 0.880 bits per heavy atom. The van der Waals surface area contributed by atoms with Crippen LogP contribution in [0.5, 0.6) is 0 Å². The number of benzene rings is 1. The molecule has 1 aromatic carbocycles. The van der Waals surface area contributed by atoms with Gasteiger partial charge in [0.25, 0.3) is 11.1 Å². The molecule has 0 spiro atoms. The van der Waals surface area contributed by atoms with Crippen LogP contribution in [-0.4, -0.2) is 13.9 Å². The third kappa shape index (κ3) is 1.78. The van der Waals surface area contributed by atoms with Gasteiger partial charge in [-0.3, -0.25) is 9.59 Å². The molecule has 0 saturated heterocycles. The van der Waals surface area contributed by atoms with E-state index >= 15 is 0 Å². The summed E-state index contributed by atoms with van der Waals surface area (Å²) in [6.45, 7) is 4.55. The van der Waals surface area contributed by atoms with Crippen LogP contribution in [0.25, 0.3) is 10.8 Å². The van der Waals surface area contributed by atoms with Crippen molar-refractivity contribution in [2.45, 2.75) is 38.9 Å². The maximum atomic E-state index is 13.2. The van der Waals surface area contributed by atoms with Crippen molar-refractivity contribution in [3.05, 3.63) is 80.1 Å². The van der Waals surface area contributed by atoms with Crippen LogP contribution in [0, 0.1) is 13.8 Å². The zero-order valence-corrected chi connectivity index (χ0v) is 14.3. The lowest BCUT2D eigenvalue weighted by atomic mass is 10.2. The molecule has 5 rings (SSSR count). The molecule has 0 N–H and O–H groups in total. The van der Waals surface area contributed by atoms with Crippen molar-refractivity contribution in [2.24, 2.45) is 0 Å². The Morgan fingerprint density at radius 3 is 1.92 bits per heavy atom. The maximum absolute atomic E-state index is 13.2. The van der Waals surface area contributed by atoms with Crippen LogP contribution in [-0.2, 0) is 6.54 Å². The Bertz CT molecular complexity index is 1090. The second-order valence-corrected chi connectivity index (χ2v) is 7.05. The Kier molecular flexibility index (Phi) is 2.82. The Hall–Kier alpha value is -2.82. The predicted molar refractivity (Wildman–Crippen MR) is 97.3 cm³/mol. The van der Waals surface area contributed by atoms with Gasteiger partial charge in [-0.25, -0.2) is 9.36 Å². The summed E-state index contributed by atoms with van der Waals surface area (Å²) < 4.78 is 5.41. The maximum Gasteiger partial charge on any atom is 0.275 e. The van der Waals surface area contributed by atoms with Crippen molar-refractivity contribution in [3.8, 4) is 0 Å². The molecule has 0 saturated carbocycles. The van der Waals surface area contributed by atoms with Gasteiger partial charge in [0.1, 0.15) is 0 Å². The number of fused-ring (bicyclic) bond motifs is 6. The number of aryl methyl sites for hydroxylation is 2. The van der Waals surface area contributed by atoms with Gasteiger partial charge in [-0.05, 0) is 25.8 Å². The Labute approximate surface area is 144 Å². The van der Waals surface area contributed by atoms with E-state index in [1.807, 2.05) is 44.2 Å². The van der Waals surface area contributed by atoms with E-state index in [1.165, 1.54) is 0 Å². The summed E-state index contributed by atoms with van der Waals surface area (Å²) in [5, 5.41) is 1.16. The highest BCUT2D eigenvalue weighted by Gasteiger charge is 2.36. The molecule has 1 aliphatic heterocycles. The molecular weight excluding hydrogens is 314 g/mol. The Morgan fingerprint density at radius 2 is 1.40 bits per heavy atom. The number of allylic oxidation sites excluding steroid dienone is 2. The highest BCUT2D eigenvalue weighted by atomic mass is 16.2. The normalized spacial score (nSPS) is 20.6. The van der Waals surface area contributed by atoms with Gasteiger partial charge in [0, 0.05) is 17.9 Å². The molecule has 3 aromatic rings. The van der Waals surface area contributed by atoms with E-state index in [9.17, 15) is 9.59 Å². The van der Waals surface area contributed by atoms with Gasteiger partial charge in [0.15, 0.2) is 0 Å². The molecule has 2 aliphatic rings. The summed E-state index contributed by atoms with van der Waals surface area (Å²) in [6.07, 6.45) is 4.91. The molecule has 2 bridgehead atoms. The van der Waals surface area contributed by atoms with E-state index in [2.05, 4.69) is 16.7 Å². The SMILES string of the molecule is Cc1c2c(=O)n3n(c(=O)c2c(C)n1Cc1ccccc1)C1C=CC3C1. The third-order valence-corrected chi connectivity index (χ3v) is 5.71. The summed E-state index contributed by atoms with van der Waals surface area (Å²) in [5.41, 5.74) is 2.82. The molecule has 2 atom stereocenters. The molecule has 1 aliphatic carbocycles. The average Bonchev–Trinajstić information content (AvgIpc) is 3.29. The van der Waals surface area contributed by atoms with Crippen molar-refractivity contribution >= 4 is 10.8 Å². The van der Waals surface area contributed by atoms with Gasteiger partial charge in [-0.15, -0.1) is 0 Å². The molecule has 5 nitrogen and oxygen atoms in total. The lowest BCUT2D eigenvalue weighted by molar-refractivity contribution is 0.486. The molecule has 0 fully saturated rings. The molecule has 2 unspecified atom stereocenters. The second-order valence-electron chi connectivity index (χ2n) is 7.05. The summed E-state index contributed by atoms with van der Waals surface area (Å²) >= 11 is 0. The fourth-order valence-corrected chi connectivity index (χ4v) is 4.48. The lowest BCUT2D eigenvalue weighted by Gasteiger charge is -2.16. The second kappa shape index (κ2) is 4.85. The van der Waals surface area contributed by atoms with E-state index < -0.39 is 0 Å². The first kappa shape index (κ1) is 14.5. The zero-order valence-electron chi connectivity index (χ0n) is 14.3. The van der Waals surface area contributed by atoms with E-state index in [1.54, 1.807) is 9.36 Å². The number of hydrogen-bond donors (Lipinski definition) is 0. The number of nitrogens with zero attached hydrogens (tertiary/aromatic N) is 3. The first-order valence-electron chi connectivity index (χ1n) is 8.67. The van der Waals surface area contributed by atoms with E-state index in [-0.39, 0.29) is 23.2 Å². The van der Waals surface area contributed by atoms with Crippen LogP contribution in [0.1, 0.15) is 35.5 Å². The van der Waals surface area contributed by atoms with Gasteiger partial charge in [0.05, 0.1) is 22.9 Å². The van der Waals surface area contributed by atoms with Crippen molar-refractivity contribution in [2.75, 3.05) is 0 Å². The van der Waals surface area contributed by atoms with Crippen LogP contribution in [0.2, 0.25) is 0 Å². The van der Waals surface area contributed by atoms with Crippen molar-refractivity contribution < 1.29 is 0 Å². The van der Waals surface area contributed by atoms with Gasteiger partial charge in [-0.1, -0.05) is 42.5 Å². The first-order chi connectivity index (χ1) is 12.1. The Balaban J connectivity index is 1.82. The summed E-state index contributed by atoms with van der Waals surface area (Å²) in [5.74, 6) is 0. The van der Waals surface area contributed by atoms with Crippen LogP contribution < -0.4 is 11.1 Å². The van der Waals surface area contributed by atoms with Gasteiger partial charge < -0.3 is 4.57 Å². The van der Waals surface area contributed by atoms with E-state index in [4.69, 9.17) is 0 Å². The minimum atomic E-state index is -0.0427. The summed E-state index contributed by atoms with van der Waals surface area (Å²) in [6, 6.07) is 10.2. The van der Waals surface area contributed by atoms with Gasteiger partial charge in [0.2, 0.25) is 0 Å². The van der Waals surface area contributed by atoms with E-state index in [0.717, 1.165) is 23.4 Å². The van der Waals surface area contributed by atoms with Crippen molar-refractivity contribution in [3.63, 3.8) is 0 Å². The fraction of sp³-hybridized carbons (Fsp3) is 0.300. The minimum absolute atomic E-state index is 0.0202. The summed E-state index contributed by atoms with van der Waals surface area (Å²) in [7, 11) is 0. The number of rotatable bonds is 2. The highest BCUT2D eigenvalue weighted by molar-refractivity contribution is 5.87. The zero-order chi connectivity index (χ0) is 17.3. The first-order valence-corrected chi connectivity index (χ1v) is 8.67. The average molecular weight is 333 g/mol. The highest BCUT2D eigenvalue weighted by Crippen LogP contribution is 2.36. The van der Waals surface area contributed by atoms with Crippen molar-refractivity contribution in [1.82, 2.24) is 13.9 Å². The quantitative estimate of drug-likeness (QED) is 0.677. The van der Waals surface area contributed by atoms with Crippen LogP contribution >= 0.6 is 0 Å². The third-order valence-electron chi connectivity index (χ3n) is 5.71. The molecule has 2 aromatic heterocycles. The summed E-state index contributed by atoms with van der Waals surface area (Å²) in [4.78, 5) is 26.3. The van der Waals surface area contributed by atoms with Gasteiger partial charge >= 0.3 is 0 Å². The molecule has 5 heteroatoms. The topological polar surface area (TPSA) is 48.9 Å². The standard InChI is InChI=1S/C20H19N3O2/c1-12-17-18(13(2)21(12)11-14-6-4-3-5-7-14)20(25)23-16-9-8-15(10-16)22(23)19(17)24/h3-9,15-16H,10-11H2,1-2H3. The minimum Gasteiger partial charge on any atom is -0.343 e. The molecule has 3 heterocycles. The largest absolute Gasteiger partial charge is 0.343 e. The lowest BCUT2D eigenvalue weighted by Crippen LogP contribution is -2.37. The molecule has 0 radical (unpaired) electrons. The van der Waals surface area contributed by atoms with Crippen molar-refractivity contribution in [1.29, 1.82) is 0 Å². The predicted octanol–water partition coefficient (Wildman–Crippen LogP) is 2.69. The molecule has 0 amide bonds. The smallest absolute Gasteiger partial charge is 0.275 e. The van der Waals surface area contributed by atoms with Crippen LogP contribution in [0.15, 0.2) is 52.1 Å². The van der Waals surface area contributed by atoms with Crippen LogP contribution in [0.4, 0.5) is 0 Å². The van der Waals surface area contributed by atoms with Crippen LogP contribution in [0.3, 0.4) is 0 Å². The number of aromatic nitrogens is 3. The van der Waals surface area contributed by atoms with Gasteiger partial charge in [-0.2, -0.15) is 0 Å². The number of hydrogen-bond acceptors (Lipinski definition) is 2. The molecule has 126 valence electrons. The monoisotopic (exact) mass is 333 g/mol. The molecule has 25 heavy (non-hydrogen) atoms. The fourth-order valence-electron chi connectivity index (χ4n) is 4.48. The van der Waals surface area contributed by atoms with E-state index in [0.29, 0.717) is 17.3 Å². The molecular formula is C20H19N3O2.